The van der Waals surface area contributed by atoms with Crippen LogP contribution in [0.15, 0.2) is 82.5 Å². The maximum atomic E-state index is 13.0. The maximum Gasteiger partial charge on any atom is 0.330 e. The normalized spacial score (nSPS) is 16.8. The maximum absolute atomic E-state index is 13.0. The third-order valence-corrected chi connectivity index (χ3v) is 16.9. The third kappa shape index (κ3) is 38.1. The number of aliphatic hydroxyl groups is 2. The molecule has 1 fully saturated rings. The van der Waals surface area contributed by atoms with Crippen molar-refractivity contribution in [1.82, 2.24) is 29.3 Å². The molecule has 2 aromatic rings. The number of imidazole rings is 1. The van der Waals surface area contributed by atoms with Gasteiger partial charge < -0.3 is 35.2 Å². The summed E-state index contributed by atoms with van der Waals surface area (Å²) < 4.78 is 12.3. The number of aromatic nitrogens is 4. The Bertz CT molecular complexity index is 2230. The molecule has 4 atom stereocenters. The fourth-order valence-electron chi connectivity index (χ4n) is 11.5. The summed E-state index contributed by atoms with van der Waals surface area (Å²) in [6.45, 7) is 13.2. The van der Waals surface area contributed by atoms with Gasteiger partial charge in [0.05, 0.1) is 0 Å². The summed E-state index contributed by atoms with van der Waals surface area (Å²) in [6, 6.07) is 0. The summed E-state index contributed by atoms with van der Waals surface area (Å²) in [6.07, 6.45) is 72.3. The second-order valence-corrected chi connectivity index (χ2v) is 24.8. The van der Waals surface area contributed by atoms with Crippen molar-refractivity contribution >= 4 is 23.1 Å². The highest BCUT2D eigenvalue weighted by Crippen LogP contribution is 2.30. The van der Waals surface area contributed by atoms with Crippen LogP contribution in [0, 0.1) is 0 Å². The molecule has 6 N–H and O–H groups in total. The highest BCUT2D eigenvalue weighted by atomic mass is 16.6. The standard InChI is InChI=1S/C73H127N7O7/c1-4-7-10-13-16-19-22-25-28-31-34-37-40-43-46-51-57-78(58-52-47-44-41-38-35-32-29-26-23-20-17-14-11-8-5-2)61-55-62-79(59-53-48-45-42-39-36-33-30-27-24-21-18-15-12-9-6-3)60-54-49-50-56-65(81)86-63-64-67(82)68(83)71(87-64)80-69-66(75-73(80)85)70(84)77-72(74)76-69/h16-21,25-30,64,67-68,71,82-83H,4-15,22-24,31-63H2,1-3H3,(H,75,85)(H3,74,76,77,84)/b19-16-,20-17-,21-18-,28-25-,29-26-,30-27-/t64-,67?,68?,71-/m0/s1. The van der Waals surface area contributed by atoms with E-state index in [0.29, 0.717) is 6.42 Å². The molecule has 87 heavy (non-hydrogen) atoms. The number of hydrogen-bond donors (Lipinski definition) is 5. The lowest BCUT2D eigenvalue weighted by Crippen LogP contribution is -2.35. The Balaban J connectivity index is 1.47. The molecule has 2 unspecified atom stereocenters. The zero-order valence-corrected chi connectivity index (χ0v) is 55.5. The van der Waals surface area contributed by atoms with Crippen LogP contribution in [-0.4, -0.2) is 110 Å². The molecule has 1 aliphatic rings. The Kier molecular flexibility index (Phi) is 47.3. The fraction of sp³-hybridized carbons (Fsp3) is 0.753. The third-order valence-electron chi connectivity index (χ3n) is 16.9. The summed E-state index contributed by atoms with van der Waals surface area (Å²) in [5, 5.41) is 21.7. The predicted molar refractivity (Wildman–Crippen MR) is 366 cm³/mol. The van der Waals surface area contributed by atoms with E-state index in [2.05, 4.69) is 118 Å². The zero-order valence-electron chi connectivity index (χ0n) is 55.5. The second-order valence-electron chi connectivity index (χ2n) is 24.8. The molecule has 3 rings (SSSR count). The van der Waals surface area contributed by atoms with E-state index >= 15 is 0 Å². The molecule has 0 aliphatic carbocycles. The molecule has 14 heteroatoms. The number of nitrogens with one attached hydrogen (secondary N) is 2. The van der Waals surface area contributed by atoms with Gasteiger partial charge in [0.2, 0.25) is 5.95 Å². The topological polar surface area (TPSA) is 192 Å². The van der Waals surface area contributed by atoms with E-state index in [0.717, 1.165) is 62.9 Å². The minimum absolute atomic E-state index is 0.117. The minimum atomic E-state index is -1.55. The van der Waals surface area contributed by atoms with Crippen molar-refractivity contribution in [2.45, 2.75) is 309 Å². The number of unbranched alkanes of at least 4 members (excludes halogenated alkanes) is 29. The van der Waals surface area contributed by atoms with Crippen LogP contribution < -0.4 is 17.0 Å². The van der Waals surface area contributed by atoms with Crippen LogP contribution >= 0.6 is 0 Å². The van der Waals surface area contributed by atoms with Gasteiger partial charge in [-0.3, -0.25) is 19.6 Å². The van der Waals surface area contributed by atoms with Crippen molar-refractivity contribution in [1.29, 1.82) is 0 Å². The van der Waals surface area contributed by atoms with Crippen molar-refractivity contribution in [3.8, 4) is 0 Å². The number of rotatable bonds is 58. The highest BCUT2D eigenvalue weighted by Gasteiger charge is 2.45. The number of hydrogen-bond acceptors (Lipinski definition) is 11. The van der Waals surface area contributed by atoms with Crippen molar-refractivity contribution in [3.05, 3.63) is 93.8 Å². The van der Waals surface area contributed by atoms with Crippen LogP contribution in [0.3, 0.4) is 0 Å². The molecule has 0 aromatic carbocycles. The quantitative estimate of drug-likeness (QED) is 0.0240. The van der Waals surface area contributed by atoms with Crippen molar-refractivity contribution in [2.24, 2.45) is 0 Å². The number of aromatic amines is 2. The van der Waals surface area contributed by atoms with E-state index in [4.69, 9.17) is 15.2 Å². The summed E-state index contributed by atoms with van der Waals surface area (Å²) >= 11 is 0. The van der Waals surface area contributed by atoms with Crippen LogP contribution in [0.1, 0.15) is 290 Å². The fourth-order valence-corrected chi connectivity index (χ4v) is 11.5. The second kappa shape index (κ2) is 53.5. The van der Waals surface area contributed by atoms with E-state index in [1.807, 2.05) is 0 Å². The average Bonchev–Trinajstić information content (AvgIpc) is 2.33. The van der Waals surface area contributed by atoms with Gasteiger partial charge in [0.1, 0.15) is 24.9 Å². The number of fused-ring (bicyclic) bond motifs is 1. The molecule has 0 amide bonds. The number of ether oxygens (including phenoxy) is 2. The number of carbonyl (C=O) groups is 1. The molecule has 3 heterocycles. The summed E-state index contributed by atoms with van der Waals surface area (Å²) in [4.78, 5) is 52.4. The Morgan fingerprint density at radius 3 is 1.25 bits per heavy atom. The van der Waals surface area contributed by atoms with Gasteiger partial charge in [0.25, 0.3) is 5.56 Å². The number of nitrogen functional groups attached to an aromatic ring is 1. The number of allylic oxidation sites excluding steroid dienone is 12. The molecule has 14 nitrogen and oxygen atoms in total. The van der Waals surface area contributed by atoms with E-state index < -0.39 is 41.8 Å². The number of esters is 1. The number of H-pyrrole nitrogens is 2. The first-order valence-corrected chi connectivity index (χ1v) is 35.7. The highest BCUT2D eigenvalue weighted by molar-refractivity contribution is 5.70. The molecule has 2 aromatic heterocycles. The Hall–Kier alpha value is -4.34. The van der Waals surface area contributed by atoms with Crippen molar-refractivity contribution in [2.75, 3.05) is 51.6 Å². The van der Waals surface area contributed by atoms with Gasteiger partial charge in [-0.15, -0.1) is 0 Å². The molecule has 0 bridgehead atoms. The van der Waals surface area contributed by atoms with E-state index in [-0.39, 0.29) is 30.1 Å². The molecule has 496 valence electrons. The van der Waals surface area contributed by atoms with Gasteiger partial charge in [0.15, 0.2) is 17.4 Å². The monoisotopic (exact) mass is 1210 g/mol. The summed E-state index contributed by atoms with van der Waals surface area (Å²) in [5.41, 5.74) is 4.05. The molecule has 0 spiro atoms. The number of aliphatic hydroxyl groups excluding tert-OH is 2. The van der Waals surface area contributed by atoms with Crippen LogP contribution in [0.4, 0.5) is 5.95 Å². The first kappa shape index (κ1) is 76.9. The van der Waals surface area contributed by atoms with Crippen LogP contribution in [0.25, 0.3) is 11.2 Å². The largest absolute Gasteiger partial charge is 0.463 e. The first-order chi connectivity index (χ1) is 42.7. The molecule has 0 radical (unpaired) electrons. The number of nitrogens with two attached hydrogens (primary N) is 1. The average molecular weight is 1210 g/mol. The zero-order chi connectivity index (χ0) is 62.5. The Morgan fingerprint density at radius 1 is 0.494 bits per heavy atom. The number of nitrogens with zero attached hydrogens (tertiary/aromatic N) is 4. The Labute approximate surface area is 528 Å². The van der Waals surface area contributed by atoms with Crippen molar-refractivity contribution in [3.63, 3.8) is 0 Å². The van der Waals surface area contributed by atoms with E-state index in [1.54, 1.807) is 0 Å². The van der Waals surface area contributed by atoms with Gasteiger partial charge in [-0.2, -0.15) is 4.98 Å². The van der Waals surface area contributed by atoms with Gasteiger partial charge in [-0.25, -0.2) is 9.36 Å². The first-order valence-electron chi connectivity index (χ1n) is 35.7. The number of carbonyl (C=O) groups excluding carboxylic acids is 1. The van der Waals surface area contributed by atoms with E-state index in [1.165, 1.54) is 231 Å². The lowest BCUT2D eigenvalue weighted by molar-refractivity contribution is -0.150. The minimum Gasteiger partial charge on any atom is -0.463 e. The van der Waals surface area contributed by atoms with Gasteiger partial charge in [0, 0.05) is 6.42 Å². The summed E-state index contributed by atoms with van der Waals surface area (Å²) in [7, 11) is 0. The van der Waals surface area contributed by atoms with Gasteiger partial charge in [-0.05, 0) is 174 Å². The van der Waals surface area contributed by atoms with Crippen LogP contribution in [0.2, 0.25) is 0 Å². The van der Waals surface area contributed by atoms with Crippen LogP contribution in [-0.2, 0) is 14.3 Å². The molecule has 0 saturated carbocycles. The Morgan fingerprint density at radius 2 is 0.851 bits per heavy atom. The SMILES string of the molecule is CCCCC/C=C\C/C=C\CCCCCCCCN(CCCCCCCC/C=C\C/C=C\CCCCC)CCCN(CCCCCCCC/C=C\C/C=C\CCCCC)CCCCCC(=O)OC[C@@H]1O[C@H](n2c(=O)[nH]c3c(=O)[nH]c(N)nc32)C(O)C1O. The van der Waals surface area contributed by atoms with Crippen LogP contribution in [0.5, 0.6) is 0 Å². The molecular weight excluding hydrogens is 1090 g/mol. The molecular formula is C73H127N7O7. The molecule has 1 saturated heterocycles. The van der Waals surface area contributed by atoms with Crippen molar-refractivity contribution < 1.29 is 24.5 Å². The van der Waals surface area contributed by atoms with Gasteiger partial charge >= 0.3 is 11.7 Å². The summed E-state index contributed by atoms with van der Waals surface area (Å²) in [5.74, 6) is -0.630. The van der Waals surface area contributed by atoms with E-state index in [9.17, 15) is 24.6 Å². The lowest BCUT2D eigenvalue weighted by atomic mass is 10.1. The smallest absolute Gasteiger partial charge is 0.330 e. The van der Waals surface area contributed by atoms with Gasteiger partial charge in [-0.1, -0.05) is 216 Å². The molecule has 1 aliphatic heterocycles. The lowest BCUT2D eigenvalue weighted by Gasteiger charge is -2.26. The number of anilines is 1. The predicted octanol–water partition coefficient (Wildman–Crippen LogP) is 17.2.